The van der Waals surface area contributed by atoms with Crippen LogP contribution in [0.5, 0.6) is 0 Å². The predicted molar refractivity (Wildman–Crippen MR) is 71.0 cm³/mol. The van der Waals surface area contributed by atoms with Gasteiger partial charge in [0.05, 0.1) is 0 Å². The lowest BCUT2D eigenvalue weighted by molar-refractivity contribution is 0.0735. The highest BCUT2D eigenvalue weighted by Crippen LogP contribution is 2.35. The van der Waals surface area contributed by atoms with Crippen LogP contribution in [-0.2, 0) is 0 Å². The summed E-state index contributed by atoms with van der Waals surface area (Å²) in [5.41, 5.74) is 4.17. The molecule has 3 rings (SSSR count). The molecule has 4 heteroatoms. The van der Waals surface area contributed by atoms with E-state index in [1.807, 2.05) is 24.3 Å². The highest BCUT2D eigenvalue weighted by atomic mass is 16.2. The number of nitrogens with two attached hydrogens (primary N) is 1. The Kier molecular flexibility index (Phi) is 2.96. The monoisotopic (exact) mass is 245 g/mol. The summed E-state index contributed by atoms with van der Waals surface area (Å²) in [6, 6.07) is 7.87. The summed E-state index contributed by atoms with van der Waals surface area (Å²) in [7, 11) is 0. The molecule has 1 aromatic carbocycles. The van der Waals surface area contributed by atoms with Gasteiger partial charge in [0.25, 0.3) is 5.91 Å². The number of nitrogens with one attached hydrogen (secondary N) is 1. The van der Waals surface area contributed by atoms with Gasteiger partial charge in [0, 0.05) is 23.8 Å². The van der Waals surface area contributed by atoms with Gasteiger partial charge in [-0.05, 0) is 55.9 Å². The fourth-order valence-corrected chi connectivity index (χ4v) is 2.24. The number of hydrogen-bond donors (Lipinski definition) is 2. The largest absolute Gasteiger partial charge is 0.335 e. The first kappa shape index (κ1) is 11.5. The first-order chi connectivity index (χ1) is 8.78. The Hall–Kier alpha value is -1.55. The van der Waals surface area contributed by atoms with Crippen molar-refractivity contribution in [3.63, 3.8) is 0 Å². The van der Waals surface area contributed by atoms with E-state index >= 15 is 0 Å². The van der Waals surface area contributed by atoms with Crippen molar-refractivity contribution >= 4 is 11.6 Å². The molecule has 1 amide bonds. The maximum atomic E-state index is 12.5. The number of nitrogen functional groups attached to an aromatic ring is 1. The van der Waals surface area contributed by atoms with Crippen molar-refractivity contribution in [2.45, 2.75) is 31.7 Å². The molecule has 96 valence electrons. The van der Waals surface area contributed by atoms with Crippen LogP contribution >= 0.6 is 0 Å². The van der Waals surface area contributed by atoms with Gasteiger partial charge in [-0.15, -0.1) is 0 Å². The third-order valence-corrected chi connectivity index (χ3v) is 3.70. The molecule has 0 unspecified atom stereocenters. The van der Waals surface area contributed by atoms with E-state index in [4.69, 9.17) is 5.84 Å². The standard InChI is InChI=1S/C14H19N3O/c15-16-12-5-3-11(4-6-12)14(18)17(13-7-8-13)9-10-1-2-10/h3-6,10,13,16H,1-2,7-9,15H2. The molecular formula is C14H19N3O. The number of hydrogen-bond acceptors (Lipinski definition) is 3. The molecule has 0 saturated heterocycles. The minimum absolute atomic E-state index is 0.174. The Morgan fingerprint density at radius 2 is 1.89 bits per heavy atom. The van der Waals surface area contributed by atoms with Gasteiger partial charge in [0.2, 0.25) is 0 Å². The van der Waals surface area contributed by atoms with E-state index in [2.05, 4.69) is 10.3 Å². The third-order valence-electron chi connectivity index (χ3n) is 3.70. The lowest BCUT2D eigenvalue weighted by Crippen LogP contribution is -2.34. The van der Waals surface area contributed by atoms with E-state index in [9.17, 15) is 4.79 Å². The Morgan fingerprint density at radius 3 is 2.39 bits per heavy atom. The summed E-state index contributed by atoms with van der Waals surface area (Å²) in [6.45, 7) is 0.945. The second kappa shape index (κ2) is 4.61. The quantitative estimate of drug-likeness (QED) is 0.616. The van der Waals surface area contributed by atoms with Crippen LogP contribution in [0, 0.1) is 5.92 Å². The number of rotatable bonds is 5. The summed E-state index contributed by atoms with van der Waals surface area (Å²) in [4.78, 5) is 14.5. The van der Waals surface area contributed by atoms with Gasteiger partial charge in [-0.3, -0.25) is 10.6 Å². The van der Waals surface area contributed by atoms with Crippen molar-refractivity contribution in [1.29, 1.82) is 0 Å². The first-order valence-corrected chi connectivity index (χ1v) is 6.65. The Balaban J connectivity index is 1.73. The lowest BCUT2D eigenvalue weighted by atomic mass is 10.1. The Bertz CT molecular complexity index is 435. The summed E-state index contributed by atoms with van der Waals surface area (Å²) >= 11 is 0. The fourth-order valence-electron chi connectivity index (χ4n) is 2.24. The Labute approximate surface area is 107 Å². The molecule has 0 aromatic heterocycles. The van der Waals surface area contributed by atoms with Crippen molar-refractivity contribution in [2.24, 2.45) is 11.8 Å². The zero-order valence-corrected chi connectivity index (χ0v) is 10.4. The molecular weight excluding hydrogens is 226 g/mol. The van der Waals surface area contributed by atoms with E-state index in [0.29, 0.717) is 6.04 Å². The van der Waals surface area contributed by atoms with Gasteiger partial charge in [0.15, 0.2) is 0 Å². The zero-order chi connectivity index (χ0) is 12.5. The molecule has 2 aliphatic rings. The number of benzene rings is 1. The van der Waals surface area contributed by atoms with Crippen molar-refractivity contribution in [3.05, 3.63) is 29.8 Å². The van der Waals surface area contributed by atoms with E-state index in [1.165, 1.54) is 25.7 Å². The number of nitrogens with zero attached hydrogens (tertiary/aromatic N) is 1. The second-order valence-electron chi connectivity index (χ2n) is 5.35. The van der Waals surface area contributed by atoms with Gasteiger partial charge in [-0.25, -0.2) is 0 Å². The minimum Gasteiger partial charge on any atom is -0.335 e. The molecule has 0 heterocycles. The highest BCUT2D eigenvalue weighted by molar-refractivity contribution is 5.95. The predicted octanol–water partition coefficient (Wildman–Crippen LogP) is 1.99. The van der Waals surface area contributed by atoms with Crippen molar-refractivity contribution in [3.8, 4) is 0 Å². The molecule has 0 atom stereocenters. The van der Waals surface area contributed by atoms with E-state index in [1.54, 1.807) is 0 Å². The zero-order valence-electron chi connectivity index (χ0n) is 10.4. The lowest BCUT2D eigenvalue weighted by Gasteiger charge is -2.22. The summed E-state index contributed by atoms with van der Waals surface area (Å²) in [5, 5.41) is 0. The summed E-state index contributed by atoms with van der Waals surface area (Å²) in [6.07, 6.45) is 4.90. The summed E-state index contributed by atoms with van der Waals surface area (Å²) in [5.74, 6) is 6.25. The molecule has 3 N–H and O–H groups in total. The van der Waals surface area contributed by atoms with Crippen LogP contribution in [0.4, 0.5) is 5.69 Å². The minimum atomic E-state index is 0.174. The molecule has 0 radical (unpaired) electrons. The average molecular weight is 245 g/mol. The van der Waals surface area contributed by atoms with Crippen LogP contribution in [0.2, 0.25) is 0 Å². The molecule has 4 nitrogen and oxygen atoms in total. The molecule has 0 aliphatic heterocycles. The van der Waals surface area contributed by atoms with Crippen molar-refractivity contribution < 1.29 is 4.79 Å². The number of anilines is 1. The molecule has 2 fully saturated rings. The third kappa shape index (κ3) is 2.48. The Morgan fingerprint density at radius 1 is 1.22 bits per heavy atom. The number of carbonyl (C=O) groups excluding carboxylic acids is 1. The number of hydrazine groups is 1. The van der Waals surface area contributed by atoms with Crippen LogP contribution in [-0.4, -0.2) is 23.4 Å². The topological polar surface area (TPSA) is 58.4 Å². The van der Waals surface area contributed by atoms with Crippen molar-refractivity contribution in [1.82, 2.24) is 4.90 Å². The molecule has 2 aliphatic carbocycles. The van der Waals surface area contributed by atoms with Crippen molar-refractivity contribution in [2.75, 3.05) is 12.0 Å². The van der Waals surface area contributed by atoms with E-state index < -0.39 is 0 Å². The van der Waals surface area contributed by atoms with Gasteiger partial charge in [-0.2, -0.15) is 0 Å². The van der Waals surface area contributed by atoms with Crippen LogP contribution in [0.15, 0.2) is 24.3 Å². The maximum absolute atomic E-state index is 12.5. The average Bonchev–Trinajstić information content (AvgIpc) is 3.28. The van der Waals surface area contributed by atoms with E-state index in [0.717, 1.165) is 23.7 Å². The second-order valence-corrected chi connectivity index (χ2v) is 5.35. The van der Waals surface area contributed by atoms with E-state index in [-0.39, 0.29) is 5.91 Å². The van der Waals surface area contributed by atoms with Crippen LogP contribution < -0.4 is 11.3 Å². The molecule has 2 saturated carbocycles. The first-order valence-electron chi connectivity index (χ1n) is 6.65. The number of carbonyl (C=O) groups is 1. The molecule has 18 heavy (non-hydrogen) atoms. The smallest absolute Gasteiger partial charge is 0.254 e. The van der Waals surface area contributed by atoms with Gasteiger partial charge < -0.3 is 10.3 Å². The van der Waals surface area contributed by atoms with Crippen LogP contribution in [0.3, 0.4) is 0 Å². The van der Waals surface area contributed by atoms with Gasteiger partial charge in [0.1, 0.15) is 0 Å². The highest BCUT2D eigenvalue weighted by Gasteiger charge is 2.36. The SMILES string of the molecule is NNc1ccc(C(=O)N(CC2CC2)C2CC2)cc1. The van der Waals surface area contributed by atoms with Gasteiger partial charge >= 0.3 is 0 Å². The molecule has 0 bridgehead atoms. The molecule has 1 aromatic rings. The normalized spacial score (nSPS) is 18.5. The van der Waals surface area contributed by atoms with Crippen LogP contribution in [0.25, 0.3) is 0 Å². The van der Waals surface area contributed by atoms with Gasteiger partial charge in [-0.1, -0.05) is 0 Å². The van der Waals surface area contributed by atoms with Crippen LogP contribution in [0.1, 0.15) is 36.0 Å². The maximum Gasteiger partial charge on any atom is 0.254 e. The number of amides is 1. The summed E-state index contributed by atoms with van der Waals surface area (Å²) < 4.78 is 0. The fraction of sp³-hybridized carbons (Fsp3) is 0.500. The molecule has 0 spiro atoms.